The van der Waals surface area contributed by atoms with Crippen molar-refractivity contribution in [3.05, 3.63) is 86.8 Å². The molecular weight excluding hydrogens is 735 g/mol. The van der Waals surface area contributed by atoms with Crippen molar-refractivity contribution < 1.29 is 50.5 Å². The minimum absolute atomic E-state index is 0.0353. The van der Waals surface area contributed by atoms with E-state index in [1.165, 1.54) is 30.3 Å². The number of alkyl halides is 2. The van der Waals surface area contributed by atoms with Gasteiger partial charge >= 0.3 is 18.6 Å². The Morgan fingerprint density at radius 1 is 1.00 bits per heavy atom. The minimum atomic E-state index is -3.14. The van der Waals surface area contributed by atoms with E-state index in [1.807, 2.05) is 0 Å². The second-order valence-corrected chi connectivity index (χ2v) is 14.8. The van der Waals surface area contributed by atoms with Gasteiger partial charge in [0.15, 0.2) is 23.9 Å². The summed E-state index contributed by atoms with van der Waals surface area (Å²) in [6, 6.07) is 10.6. The zero-order chi connectivity index (χ0) is 37.5. The van der Waals surface area contributed by atoms with Crippen LogP contribution in [0.2, 0.25) is 10.0 Å². The summed E-state index contributed by atoms with van der Waals surface area (Å²) in [5.74, 6) is -1.17. The Morgan fingerprint density at radius 3 is 2.22 bits per heavy atom. The van der Waals surface area contributed by atoms with Gasteiger partial charge in [-0.2, -0.15) is 13.5 Å². The van der Waals surface area contributed by atoms with Gasteiger partial charge < -0.3 is 24.2 Å². The van der Waals surface area contributed by atoms with Crippen LogP contribution in [0.5, 0.6) is 11.5 Å². The molecule has 12 nitrogen and oxygen atoms in total. The number of rotatable bonds is 17. The van der Waals surface area contributed by atoms with Crippen LogP contribution in [0, 0.1) is 11.1 Å². The number of carbonyl (C=O) groups is 2. The number of nitrogens with zero attached hydrogens (tertiary/aromatic N) is 3. The average molecular weight is 775 g/mol. The van der Waals surface area contributed by atoms with E-state index in [0.29, 0.717) is 28.4 Å². The first-order chi connectivity index (χ1) is 24.0. The summed E-state index contributed by atoms with van der Waals surface area (Å²) in [7, 11) is -1.46. The number of hydrogen-bond acceptors (Lipinski definition) is 10. The third-order valence-electron chi connectivity index (χ3n) is 7.43. The summed E-state index contributed by atoms with van der Waals surface area (Å²) in [5, 5.41) is 11.9. The number of likely N-dealkylation sites (N-methyl/N-ethyl adjacent to an activating group) is 1. The SMILES string of the molecule is CN(CC(=O)O[C@@H](Cc1c(Cl)c[n+]([O-])cc1Cl)c1ccc(OC(F)F)c(OCC2CC2)c1)Cc1ccc(N(CC(=O)OC(C)(C)C)[SH](=O)=O)cc1. The largest absolute Gasteiger partial charge is 0.619 e. The zero-order valence-corrected chi connectivity index (χ0v) is 30.8. The smallest absolute Gasteiger partial charge is 0.387 e. The van der Waals surface area contributed by atoms with Crippen molar-refractivity contribution in [2.24, 2.45) is 5.92 Å². The molecule has 278 valence electrons. The molecule has 1 fully saturated rings. The molecule has 0 bridgehead atoms. The second-order valence-electron chi connectivity index (χ2n) is 13.0. The molecule has 1 atom stereocenters. The molecule has 3 aromatic rings. The molecule has 1 saturated carbocycles. The maximum absolute atomic E-state index is 13.3. The fourth-order valence-electron chi connectivity index (χ4n) is 4.96. The molecule has 0 radical (unpaired) electrons. The maximum Gasteiger partial charge on any atom is 0.387 e. The Balaban J connectivity index is 1.49. The third-order valence-corrected chi connectivity index (χ3v) is 8.85. The molecule has 1 aliphatic carbocycles. The number of hydrogen-bond donors (Lipinski definition) is 1. The lowest BCUT2D eigenvalue weighted by atomic mass is 10.0. The van der Waals surface area contributed by atoms with E-state index in [0.717, 1.165) is 35.1 Å². The summed E-state index contributed by atoms with van der Waals surface area (Å²) in [6.45, 7) is 1.83. The van der Waals surface area contributed by atoms with Gasteiger partial charge in [0.25, 0.3) is 0 Å². The number of carbonyl (C=O) groups excluding carboxylic acids is 2. The number of pyridine rings is 1. The molecule has 0 aliphatic heterocycles. The molecule has 0 saturated heterocycles. The van der Waals surface area contributed by atoms with Gasteiger partial charge in [-0.3, -0.25) is 18.8 Å². The molecular formula is C34H39Cl2F2N3O9S. The van der Waals surface area contributed by atoms with E-state index < -0.39 is 47.7 Å². The van der Waals surface area contributed by atoms with Crippen LogP contribution in [-0.2, 0) is 42.9 Å². The van der Waals surface area contributed by atoms with Gasteiger partial charge in [-0.25, -0.2) is 8.42 Å². The molecule has 0 amide bonds. The Hall–Kier alpha value is -3.92. The van der Waals surface area contributed by atoms with Crippen LogP contribution in [0.3, 0.4) is 0 Å². The first kappa shape index (κ1) is 39.9. The van der Waals surface area contributed by atoms with Gasteiger partial charge in [0.2, 0.25) is 10.9 Å². The van der Waals surface area contributed by atoms with Crippen molar-refractivity contribution in [3.8, 4) is 11.5 Å². The molecule has 1 heterocycles. The Labute approximate surface area is 306 Å². The summed E-state index contributed by atoms with van der Waals surface area (Å²) in [4.78, 5) is 27.2. The van der Waals surface area contributed by atoms with Crippen LogP contribution >= 0.6 is 23.2 Å². The Kier molecular flexibility index (Phi) is 13.7. The third kappa shape index (κ3) is 12.7. The minimum Gasteiger partial charge on any atom is -0.619 e. The number of thiol groups is 1. The normalized spacial score (nSPS) is 13.7. The van der Waals surface area contributed by atoms with Gasteiger partial charge in [-0.1, -0.05) is 41.4 Å². The topological polar surface area (TPSA) is 139 Å². The molecule has 1 aromatic heterocycles. The van der Waals surface area contributed by atoms with Crippen LogP contribution < -0.4 is 18.5 Å². The summed E-state index contributed by atoms with van der Waals surface area (Å²) >= 11 is 12.7. The lowest BCUT2D eigenvalue weighted by Gasteiger charge is -2.23. The van der Waals surface area contributed by atoms with Crippen molar-refractivity contribution in [2.75, 3.05) is 31.0 Å². The van der Waals surface area contributed by atoms with Crippen LogP contribution in [-0.4, -0.2) is 64.2 Å². The second kappa shape index (κ2) is 17.5. The number of ether oxygens (including phenoxy) is 4. The highest BCUT2D eigenvalue weighted by Crippen LogP contribution is 2.38. The number of anilines is 1. The van der Waals surface area contributed by atoms with Crippen LogP contribution in [0.1, 0.15) is 56.4 Å². The molecule has 51 heavy (non-hydrogen) atoms. The average Bonchev–Trinajstić information content (AvgIpc) is 3.84. The Morgan fingerprint density at radius 2 is 1.65 bits per heavy atom. The van der Waals surface area contributed by atoms with Crippen molar-refractivity contribution >= 4 is 51.7 Å². The fourth-order valence-corrected chi connectivity index (χ4v) is 6.11. The predicted octanol–water partition coefficient (Wildman–Crippen LogP) is 5.65. The summed E-state index contributed by atoms with van der Waals surface area (Å²) in [6.07, 6.45) is 3.04. The highest BCUT2D eigenvalue weighted by Gasteiger charge is 2.27. The molecule has 0 N–H and O–H groups in total. The molecule has 0 spiro atoms. The lowest BCUT2D eigenvalue weighted by molar-refractivity contribution is -0.605. The number of benzene rings is 2. The van der Waals surface area contributed by atoms with Crippen molar-refractivity contribution in [3.63, 3.8) is 0 Å². The molecule has 0 unspecified atom stereocenters. The van der Waals surface area contributed by atoms with E-state index in [1.54, 1.807) is 44.9 Å². The van der Waals surface area contributed by atoms with Gasteiger partial charge in [-0.15, -0.1) is 0 Å². The van der Waals surface area contributed by atoms with Crippen LogP contribution in [0.15, 0.2) is 54.9 Å². The van der Waals surface area contributed by atoms with Crippen LogP contribution in [0.25, 0.3) is 0 Å². The molecule has 2 aromatic carbocycles. The first-order valence-electron chi connectivity index (χ1n) is 15.9. The van der Waals surface area contributed by atoms with Gasteiger partial charge in [0.05, 0.1) is 18.8 Å². The highest BCUT2D eigenvalue weighted by atomic mass is 35.5. The summed E-state index contributed by atoms with van der Waals surface area (Å²) < 4.78 is 73.1. The van der Waals surface area contributed by atoms with E-state index in [9.17, 15) is 32.0 Å². The number of esters is 2. The van der Waals surface area contributed by atoms with Gasteiger partial charge in [-0.05, 0) is 82.0 Å². The molecule has 4 rings (SSSR count). The van der Waals surface area contributed by atoms with E-state index >= 15 is 0 Å². The van der Waals surface area contributed by atoms with E-state index in [4.69, 9.17) is 37.4 Å². The van der Waals surface area contributed by atoms with E-state index in [2.05, 4.69) is 4.74 Å². The standard InChI is InChI=1S/C34H39Cl2F2N3O9S/c1-34(2,3)50-32(43)19-41(51(45)46)24-10-7-21(8-11-24)15-39(4)18-31(42)48-29(14-25-26(35)16-40(44)17-27(25)36)23-9-12-28(49-33(37)38)30(13-23)47-20-22-5-6-22/h7-13,16-17,22,29,33,51H,5-6,14-15,18-20H2,1-4H3/t29-/m0/s1. The first-order valence-corrected chi connectivity index (χ1v) is 17.7. The fraction of sp³-hybridized carbons (Fsp3) is 0.441. The quantitative estimate of drug-likeness (QED) is 0.0793. The van der Waals surface area contributed by atoms with Gasteiger partial charge in [0.1, 0.15) is 28.3 Å². The van der Waals surface area contributed by atoms with Crippen molar-refractivity contribution in [1.29, 1.82) is 0 Å². The maximum atomic E-state index is 13.3. The molecule has 17 heteroatoms. The zero-order valence-electron chi connectivity index (χ0n) is 28.4. The van der Waals surface area contributed by atoms with Crippen molar-refractivity contribution in [2.45, 2.75) is 64.9 Å². The van der Waals surface area contributed by atoms with Crippen molar-refractivity contribution in [1.82, 2.24) is 4.90 Å². The van der Waals surface area contributed by atoms with Crippen LogP contribution in [0.4, 0.5) is 14.5 Å². The lowest BCUT2D eigenvalue weighted by Crippen LogP contribution is -2.34. The Bertz CT molecular complexity index is 1740. The van der Waals surface area contributed by atoms with E-state index in [-0.39, 0.29) is 46.7 Å². The van der Waals surface area contributed by atoms with Gasteiger partial charge in [0, 0.05) is 18.5 Å². The molecule has 1 aliphatic rings. The summed E-state index contributed by atoms with van der Waals surface area (Å²) in [5.41, 5.74) is 0.915. The monoisotopic (exact) mass is 773 g/mol. The predicted molar refractivity (Wildman–Crippen MR) is 186 cm³/mol. The number of halogens is 4. The number of aromatic nitrogens is 1. The highest BCUT2D eigenvalue weighted by molar-refractivity contribution is 7.74.